The SMILES string of the molecule is CC1CCC(C2(O)CCc3ccccc32)CC1C. The Morgan fingerprint density at radius 1 is 1.11 bits per heavy atom. The molecule has 2 aliphatic rings. The quantitative estimate of drug-likeness (QED) is 0.794. The van der Waals surface area contributed by atoms with Crippen molar-refractivity contribution in [3.05, 3.63) is 35.4 Å². The first-order chi connectivity index (χ1) is 8.61. The average molecular weight is 244 g/mol. The lowest BCUT2D eigenvalue weighted by Crippen LogP contribution is -2.37. The van der Waals surface area contributed by atoms with Gasteiger partial charge in [-0.3, -0.25) is 0 Å². The van der Waals surface area contributed by atoms with Crippen molar-refractivity contribution in [3.63, 3.8) is 0 Å². The molecule has 4 atom stereocenters. The highest BCUT2D eigenvalue weighted by molar-refractivity contribution is 5.37. The molecule has 1 aromatic rings. The van der Waals surface area contributed by atoms with Gasteiger partial charge in [-0.05, 0) is 54.6 Å². The van der Waals surface area contributed by atoms with Crippen LogP contribution in [0, 0.1) is 17.8 Å². The zero-order chi connectivity index (χ0) is 12.8. The molecule has 1 heteroatoms. The van der Waals surface area contributed by atoms with E-state index < -0.39 is 5.60 Å². The van der Waals surface area contributed by atoms with Gasteiger partial charge in [0.25, 0.3) is 0 Å². The second-order valence-corrected chi connectivity index (χ2v) is 6.55. The van der Waals surface area contributed by atoms with Crippen LogP contribution in [0.3, 0.4) is 0 Å². The number of fused-ring (bicyclic) bond motifs is 1. The summed E-state index contributed by atoms with van der Waals surface area (Å²) in [7, 11) is 0. The van der Waals surface area contributed by atoms with Crippen molar-refractivity contribution in [1.82, 2.24) is 0 Å². The number of hydrogen-bond donors (Lipinski definition) is 1. The van der Waals surface area contributed by atoms with Crippen LogP contribution in [-0.2, 0) is 12.0 Å². The Labute approximate surface area is 110 Å². The third kappa shape index (κ3) is 1.80. The van der Waals surface area contributed by atoms with Crippen molar-refractivity contribution in [1.29, 1.82) is 0 Å². The fourth-order valence-corrected chi connectivity index (χ4v) is 4.03. The van der Waals surface area contributed by atoms with E-state index in [0.717, 1.165) is 24.7 Å². The van der Waals surface area contributed by atoms with Crippen molar-refractivity contribution in [3.8, 4) is 0 Å². The van der Waals surface area contributed by atoms with Gasteiger partial charge in [0.1, 0.15) is 0 Å². The molecule has 0 bridgehead atoms. The Kier molecular flexibility index (Phi) is 2.97. The number of aliphatic hydroxyl groups is 1. The normalized spacial score (nSPS) is 39.6. The van der Waals surface area contributed by atoms with Crippen LogP contribution < -0.4 is 0 Å². The minimum Gasteiger partial charge on any atom is -0.385 e. The maximum Gasteiger partial charge on any atom is 0.0930 e. The van der Waals surface area contributed by atoms with Crippen molar-refractivity contribution >= 4 is 0 Å². The average Bonchev–Trinajstić information content (AvgIpc) is 2.73. The summed E-state index contributed by atoms with van der Waals surface area (Å²) in [6.07, 6.45) is 5.63. The predicted octanol–water partition coefficient (Wildman–Crippen LogP) is 3.89. The first-order valence-electron chi connectivity index (χ1n) is 7.42. The van der Waals surface area contributed by atoms with E-state index >= 15 is 0 Å². The fraction of sp³-hybridized carbons (Fsp3) is 0.647. The van der Waals surface area contributed by atoms with Crippen molar-refractivity contribution in [2.24, 2.45) is 17.8 Å². The van der Waals surface area contributed by atoms with Crippen molar-refractivity contribution in [2.45, 2.75) is 51.6 Å². The van der Waals surface area contributed by atoms with Crippen LogP contribution in [0.25, 0.3) is 0 Å². The van der Waals surface area contributed by atoms with Gasteiger partial charge in [0.05, 0.1) is 5.60 Å². The lowest BCUT2D eigenvalue weighted by Gasteiger charge is -2.41. The largest absolute Gasteiger partial charge is 0.385 e. The zero-order valence-electron chi connectivity index (χ0n) is 11.5. The Morgan fingerprint density at radius 2 is 1.89 bits per heavy atom. The molecule has 0 amide bonds. The van der Waals surface area contributed by atoms with E-state index in [4.69, 9.17) is 0 Å². The van der Waals surface area contributed by atoms with E-state index in [1.807, 2.05) is 0 Å². The fourth-order valence-electron chi connectivity index (χ4n) is 4.03. The van der Waals surface area contributed by atoms with Crippen LogP contribution >= 0.6 is 0 Å². The molecule has 0 radical (unpaired) electrons. The summed E-state index contributed by atoms with van der Waals surface area (Å²) >= 11 is 0. The lowest BCUT2D eigenvalue weighted by molar-refractivity contribution is -0.0511. The summed E-state index contributed by atoms with van der Waals surface area (Å²) in [6, 6.07) is 8.49. The number of aryl methyl sites for hydroxylation is 1. The molecular formula is C17H24O. The highest BCUT2D eigenvalue weighted by atomic mass is 16.3. The third-order valence-electron chi connectivity index (χ3n) is 5.53. The molecule has 4 unspecified atom stereocenters. The summed E-state index contributed by atoms with van der Waals surface area (Å²) in [5, 5.41) is 11.2. The molecule has 0 aromatic heterocycles. The molecule has 0 aliphatic heterocycles. The monoisotopic (exact) mass is 244 g/mol. The van der Waals surface area contributed by atoms with Crippen LogP contribution in [0.15, 0.2) is 24.3 Å². The van der Waals surface area contributed by atoms with Gasteiger partial charge in [-0.1, -0.05) is 44.5 Å². The second kappa shape index (κ2) is 4.38. The molecule has 2 aliphatic carbocycles. The zero-order valence-corrected chi connectivity index (χ0v) is 11.5. The third-order valence-corrected chi connectivity index (χ3v) is 5.53. The van der Waals surface area contributed by atoms with E-state index in [-0.39, 0.29) is 0 Å². The summed E-state index contributed by atoms with van der Waals surface area (Å²) in [5.74, 6) is 2.04. The minimum absolute atomic E-state index is 0.465. The summed E-state index contributed by atoms with van der Waals surface area (Å²) in [4.78, 5) is 0. The molecule has 0 spiro atoms. The van der Waals surface area contributed by atoms with Crippen LogP contribution in [0.5, 0.6) is 0 Å². The van der Waals surface area contributed by atoms with Gasteiger partial charge in [0.15, 0.2) is 0 Å². The van der Waals surface area contributed by atoms with Gasteiger partial charge in [0, 0.05) is 0 Å². The van der Waals surface area contributed by atoms with Gasteiger partial charge in [-0.2, -0.15) is 0 Å². The van der Waals surface area contributed by atoms with Gasteiger partial charge >= 0.3 is 0 Å². The predicted molar refractivity (Wildman–Crippen MR) is 74.3 cm³/mol. The molecule has 1 nitrogen and oxygen atoms in total. The molecule has 3 rings (SSSR count). The summed E-state index contributed by atoms with van der Waals surface area (Å²) in [5.41, 5.74) is 2.05. The van der Waals surface area contributed by atoms with Crippen LogP contribution in [0.2, 0.25) is 0 Å². The number of benzene rings is 1. The highest BCUT2D eigenvalue weighted by Gasteiger charge is 2.45. The van der Waals surface area contributed by atoms with Crippen molar-refractivity contribution < 1.29 is 5.11 Å². The van der Waals surface area contributed by atoms with E-state index in [0.29, 0.717) is 5.92 Å². The molecule has 1 fully saturated rings. The van der Waals surface area contributed by atoms with E-state index in [9.17, 15) is 5.11 Å². The molecule has 0 saturated heterocycles. The van der Waals surface area contributed by atoms with Crippen molar-refractivity contribution in [2.75, 3.05) is 0 Å². The van der Waals surface area contributed by atoms with Crippen LogP contribution in [0.1, 0.15) is 50.7 Å². The Hall–Kier alpha value is -0.820. The minimum atomic E-state index is -0.537. The van der Waals surface area contributed by atoms with Gasteiger partial charge < -0.3 is 5.11 Å². The molecular weight excluding hydrogens is 220 g/mol. The molecule has 18 heavy (non-hydrogen) atoms. The number of rotatable bonds is 1. The molecule has 1 N–H and O–H groups in total. The van der Waals surface area contributed by atoms with Gasteiger partial charge in [-0.15, -0.1) is 0 Å². The Morgan fingerprint density at radius 3 is 2.67 bits per heavy atom. The Bertz CT molecular complexity index is 439. The second-order valence-electron chi connectivity index (χ2n) is 6.55. The van der Waals surface area contributed by atoms with E-state index in [1.165, 1.54) is 30.4 Å². The smallest absolute Gasteiger partial charge is 0.0930 e. The van der Waals surface area contributed by atoms with E-state index in [1.54, 1.807) is 0 Å². The van der Waals surface area contributed by atoms with E-state index in [2.05, 4.69) is 38.1 Å². The standard InChI is InChI=1S/C17H24O/c1-12-7-8-15(11-13(12)2)17(18)10-9-14-5-3-4-6-16(14)17/h3-6,12-13,15,18H,7-11H2,1-2H3. The summed E-state index contributed by atoms with van der Waals surface area (Å²) in [6.45, 7) is 4.70. The first kappa shape index (κ1) is 12.2. The molecule has 98 valence electrons. The molecule has 1 aromatic carbocycles. The molecule has 1 saturated carbocycles. The van der Waals surface area contributed by atoms with Crippen LogP contribution in [-0.4, -0.2) is 5.11 Å². The van der Waals surface area contributed by atoms with Gasteiger partial charge in [-0.25, -0.2) is 0 Å². The first-order valence-corrected chi connectivity index (χ1v) is 7.42. The maximum absolute atomic E-state index is 11.2. The van der Waals surface area contributed by atoms with Gasteiger partial charge in [0.2, 0.25) is 0 Å². The molecule has 0 heterocycles. The Balaban J connectivity index is 1.88. The summed E-state index contributed by atoms with van der Waals surface area (Å²) < 4.78 is 0. The topological polar surface area (TPSA) is 20.2 Å². The highest BCUT2D eigenvalue weighted by Crippen LogP contribution is 2.49. The number of hydrogen-bond acceptors (Lipinski definition) is 1. The maximum atomic E-state index is 11.2. The van der Waals surface area contributed by atoms with Crippen LogP contribution in [0.4, 0.5) is 0 Å². The lowest BCUT2D eigenvalue weighted by atomic mass is 9.68.